The number of likely N-dealkylation sites (tertiary alicyclic amines) is 1. The first-order valence-corrected chi connectivity index (χ1v) is 13.4. The Balaban J connectivity index is 1.51. The minimum atomic E-state index is -4.92. The van der Waals surface area contributed by atoms with Crippen LogP contribution in [0.5, 0.6) is 0 Å². The summed E-state index contributed by atoms with van der Waals surface area (Å²) in [4.78, 5) is 33.2. The number of alkyl halides is 3. The first-order chi connectivity index (χ1) is 19.5. The highest BCUT2D eigenvalue weighted by molar-refractivity contribution is 6.07. The number of aromatic amines is 1. The molecule has 0 radical (unpaired) electrons. The summed E-state index contributed by atoms with van der Waals surface area (Å²) in [7, 11) is 1.98. The van der Waals surface area contributed by atoms with Gasteiger partial charge in [0.2, 0.25) is 5.56 Å². The highest BCUT2D eigenvalue weighted by Gasteiger charge is 2.36. The third kappa shape index (κ3) is 6.61. The summed E-state index contributed by atoms with van der Waals surface area (Å²) < 4.78 is 56.1. The van der Waals surface area contributed by atoms with Crippen molar-refractivity contribution < 1.29 is 27.5 Å². The van der Waals surface area contributed by atoms with Gasteiger partial charge in [0.1, 0.15) is 5.82 Å². The number of rotatable bonds is 6. The molecule has 3 aromatic rings. The maximum absolute atomic E-state index is 15.1. The van der Waals surface area contributed by atoms with Crippen molar-refractivity contribution in [2.45, 2.75) is 25.2 Å². The number of aliphatic hydroxyl groups excluding tert-OH is 1. The number of halogens is 4. The van der Waals surface area contributed by atoms with Crippen molar-refractivity contribution in [3.63, 3.8) is 0 Å². The van der Waals surface area contributed by atoms with Crippen LogP contribution in [0.4, 0.5) is 28.9 Å². The van der Waals surface area contributed by atoms with Gasteiger partial charge in [0, 0.05) is 63.6 Å². The third-order valence-corrected chi connectivity index (χ3v) is 7.56. The first kappa shape index (κ1) is 28.8. The number of aromatic nitrogens is 1. The summed E-state index contributed by atoms with van der Waals surface area (Å²) in [5, 5.41) is 12.4. The lowest BCUT2D eigenvalue weighted by Gasteiger charge is -2.35. The summed E-state index contributed by atoms with van der Waals surface area (Å²) >= 11 is 0. The van der Waals surface area contributed by atoms with Crippen LogP contribution in [-0.4, -0.2) is 78.2 Å². The Morgan fingerprint density at radius 3 is 2.51 bits per heavy atom. The molecule has 2 fully saturated rings. The number of amides is 1. The number of likely N-dealkylation sites (N-methyl/N-ethyl adjacent to an activating group) is 1. The van der Waals surface area contributed by atoms with E-state index in [0.717, 1.165) is 31.4 Å². The maximum Gasteiger partial charge on any atom is 0.417 e. The molecule has 3 N–H and O–H groups in total. The van der Waals surface area contributed by atoms with Crippen molar-refractivity contribution in [2.24, 2.45) is 0 Å². The number of hydrogen-bond acceptors (Lipinski definition) is 6. The Bertz CT molecular complexity index is 1480. The molecule has 41 heavy (non-hydrogen) atoms. The first-order valence-electron chi connectivity index (χ1n) is 13.4. The molecule has 0 spiro atoms. The van der Waals surface area contributed by atoms with Gasteiger partial charge in [-0.1, -0.05) is 12.1 Å². The van der Waals surface area contributed by atoms with Gasteiger partial charge in [0.05, 0.1) is 28.6 Å². The molecule has 2 saturated heterocycles. The fraction of sp³-hybridized carbons (Fsp3) is 0.379. The van der Waals surface area contributed by atoms with Gasteiger partial charge in [-0.25, -0.2) is 4.39 Å². The molecule has 1 amide bonds. The van der Waals surface area contributed by atoms with E-state index in [1.165, 1.54) is 6.07 Å². The molecule has 3 heterocycles. The zero-order chi connectivity index (χ0) is 29.3. The smallest absolute Gasteiger partial charge is 0.392 e. The maximum atomic E-state index is 15.1. The predicted octanol–water partition coefficient (Wildman–Crippen LogP) is 3.77. The molecule has 2 aromatic carbocycles. The van der Waals surface area contributed by atoms with E-state index in [-0.39, 0.29) is 17.4 Å². The molecular formula is C29H31F4N5O3. The number of piperazine rings is 1. The Morgan fingerprint density at radius 2 is 1.83 bits per heavy atom. The second kappa shape index (κ2) is 11.6. The molecule has 0 unspecified atom stereocenters. The van der Waals surface area contributed by atoms with E-state index in [9.17, 15) is 27.9 Å². The van der Waals surface area contributed by atoms with Gasteiger partial charge in [-0.2, -0.15) is 13.2 Å². The quantitative estimate of drug-likeness (QED) is 0.389. The molecule has 1 atom stereocenters. The van der Waals surface area contributed by atoms with Crippen molar-refractivity contribution in [2.75, 3.05) is 56.5 Å². The van der Waals surface area contributed by atoms with Crippen LogP contribution >= 0.6 is 0 Å². The van der Waals surface area contributed by atoms with Crippen LogP contribution < -0.4 is 15.8 Å². The number of H-pyrrole nitrogens is 1. The van der Waals surface area contributed by atoms with Crippen LogP contribution in [0.15, 0.2) is 53.5 Å². The number of carbonyl (C=O) groups excluding carboxylic acids is 1. The molecule has 5 rings (SSSR count). The van der Waals surface area contributed by atoms with E-state index in [4.69, 9.17) is 0 Å². The lowest BCUT2D eigenvalue weighted by Crippen LogP contribution is -2.44. The number of hydrogen-bond donors (Lipinski definition) is 3. The van der Waals surface area contributed by atoms with Crippen molar-refractivity contribution in [1.29, 1.82) is 0 Å². The SMILES string of the molecule is CN1CCN(c2ccc(-c3cc(CN4CC[C@@H](O)C4)ccc3F)cc2NC(=O)c2c[nH]c(=O)cc2C(F)(F)F)CC1. The van der Waals surface area contributed by atoms with Gasteiger partial charge in [0.25, 0.3) is 5.91 Å². The van der Waals surface area contributed by atoms with Crippen LogP contribution in [0.3, 0.4) is 0 Å². The Labute approximate surface area is 234 Å². The molecule has 218 valence electrons. The standard InChI is InChI=1S/C29H31F4N5O3/c1-36-8-10-38(11-9-36)26-5-3-19(21-12-18(2-4-24(21)30)16-37-7-6-20(39)17-37)13-25(26)35-28(41)22-15-34-27(40)14-23(22)29(31,32)33/h2-5,12-15,20,39H,6-11,16-17H2,1H3,(H,34,40)(H,35,41)/t20-/m1/s1. The Hall–Kier alpha value is -3.74. The number of pyridine rings is 1. The molecule has 2 aliphatic heterocycles. The van der Waals surface area contributed by atoms with E-state index in [1.54, 1.807) is 30.3 Å². The average Bonchev–Trinajstić information content (AvgIpc) is 3.34. The molecular weight excluding hydrogens is 542 g/mol. The van der Waals surface area contributed by atoms with E-state index < -0.39 is 34.6 Å². The minimum Gasteiger partial charge on any atom is -0.392 e. The second-order valence-corrected chi connectivity index (χ2v) is 10.6. The van der Waals surface area contributed by atoms with Gasteiger partial charge in [-0.05, 0) is 48.9 Å². The Kier molecular flexibility index (Phi) is 8.16. The monoisotopic (exact) mass is 573 g/mol. The summed E-state index contributed by atoms with van der Waals surface area (Å²) in [6.45, 7) is 4.53. The predicted molar refractivity (Wildman–Crippen MR) is 147 cm³/mol. The Morgan fingerprint density at radius 1 is 1.07 bits per heavy atom. The lowest BCUT2D eigenvalue weighted by molar-refractivity contribution is -0.138. The number of aliphatic hydroxyl groups is 1. The van der Waals surface area contributed by atoms with E-state index in [0.29, 0.717) is 49.9 Å². The minimum absolute atomic E-state index is 0.226. The number of β-amino-alcohol motifs (C(OH)–C–C–N with tert-alkyl or cyclic N) is 1. The number of nitrogens with one attached hydrogen (secondary N) is 2. The summed E-state index contributed by atoms with van der Waals surface area (Å²) in [5.41, 5.74) is -0.673. The van der Waals surface area contributed by atoms with E-state index in [1.807, 2.05) is 11.9 Å². The number of anilines is 2. The third-order valence-electron chi connectivity index (χ3n) is 7.56. The molecule has 2 aliphatic rings. The molecule has 0 saturated carbocycles. The lowest BCUT2D eigenvalue weighted by atomic mass is 10.00. The normalized spacial score (nSPS) is 18.6. The van der Waals surface area contributed by atoms with Crippen LogP contribution in [0, 0.1) is 5.82 Å². The van der Waals surface area contributed by atoms with Crippen molar-refractivity contribution in [3.05, 3.63) is 81.5 Å². The second-order valence-electron chi connectivity index (χ2n) is 10.6. The van der Waals surface area contributed by atoms with Gasteiger partial charge < -0.3 is 25.2 Å². The van der Waals surface area contributed by atoms with Crippen molar-refractivity contribution in [1.82, 2.24) is 14.8 Å². The number of carbonyl (C=O) groups is 1. The average molecular weight is 574 g/mol. The highest BCUT2D eigenvalue weighted by Crippen LogP contribution is 2.36. The van der Waals surface area contributed by atoms with Crippen molar-refractivity contribution in [3.8, 4) is 11.1 Å². The van der Waals surface area contributed by atoms with Crippen LogP contribution in [0.25, 0.3) is 11.1 Å². The zero-order valence-electron chi connectivity index (χ0n) is 22.5. The molecule has 0 aliphatic carbocycles. The number of nitrogens with zero attached hydrogens (tertiary/aromatic N) is 3. The van der Waals surface area contributed by atoms with Gasteiger partial charge >= 0.3 is 6.18 Å². The molecule has 1 aromatic heterocycles. The number of benzene rings is 2. The highest BCUT2D eigenvalue weighted by atomic mass is 19.4. The van der Waals surface area contributed by atoms with E-state index >= 15 is 4.39 Å². The summed E-state index contributed by atoms with van der Waals surface area (Å²) in [6.07, 6.45) is -3.88. The summed E-state index contributed by atoms with van der Waals surface area (Å²) in [5.74, 6) is -1.54. The zero-order valence-corrected chi connectivity index (χ0v) is 22.5. The topological polar surface area (TPSA) is 91.9 Å². The van der Waals surface area contributed by atoms with E-state index in [2.05, 4.69) is 20.1 Å². The van der Waals surface area contributed by atoms with Crippen LogP contribution in [0.1, 0.15) is 27.9 Å². The van der Waals surface area contributed by atoms with Gasteiger partial charge in [-0.3, -0.25) is 14.5 Å². The fourth-order valence-corrected chi connectivity index (χ4v) is 5.32. The summed E-state index contributed by atoms with van der Waals surface area (Å²) in [6, 6.07) is 10.1. The van der Waals surface area contributed by atoms with Crippen LogP contribution in [0.2, 0.25) is 0 Å². The molecule has 0 bridgehead atoms. The van der Waals surface area contributed by atoms with Crippen LogP contribution in [-0.2, 0) is 12.7 Å². The van der Waals surface area contributed by atoms with Gasteiger partial charge in [-0.15, -0.1) is 0 Å². The van der Waals surface area contributed by atoms with Gasteiger partial charge in [0.15, 0.2) is 0 Å². The largest absolute Gasteiger partial charge is 0.417 e. The van der Waals surface area contributed by atoms with Crippen molar-refractivity contribution >= 4 is 17.3 Å². The molecule has 8 nitrogen and oxygen atoms in total. The molecule has 12 heteroatoms. The fourth-order valence-electron chi connectivity index (χ4n) is 5.32.